The molecule has 7 atom stereocenters. The van der Waals surface area contributed by atoms with E-state index in [0.29, 0.717) is 36.2 Å². The van der Waals surface area contributed by atoms with Crippen LogP contribution in [0.25, 0.3) is 0 Å². The zero-order chi connectivity index (χ0) is 16.5. The molecule has 0 aromatic carbocycles. The van der Waals surface area contributed by atoms with Crippen LogP contribution in [0, 0.1) is 41.4 Å². The van der Waals surface area contributed by atoms with Crippen LogP contribution in [0.3, 0.4) is 0 Å². The smallest absolute Gasteiger partial charge is 0.309 e. The van der Waals surface area contributed by atoms with Gasteiger partial charge in [-0.25, -0.2) is 0 Å². The SMILES string of the molecule is C=CC1CC(/C=C/CCOC(=O)C2CC3C=CC2C3)C2CC=CC12. The first-order valence-corrected chi connectivity index (χ1v) is 9.57. The molecule has 7 unspecified atom stereocenters. The molecule has 2 fully saturated rings. The van der Waals surface area contributed by atoms with Gasteiger partial charge in [0, 0.05) is 0 Å². The number of rotatable bonds is 6. The van der Waals surface area contributed by atoms with Gasteiger partial charge in [-0.05, 0) is 67.6 Å². The molecular formula is C22H28O2. The number of hydrogen-bond donors (Lipinski definition) is 0. The number of carbonyl (C=O) groups is 1. The van der Waals surface area contributed by atoms with Crippen molar-refractivity contribution in [2.75, 3.05) is 6.61 Å². The van der Waals surface area contributed by atoms with Gasteiger partial charge in [-0.1, -0.05) is 42.5 Å². The van der Waals surface area contributed by atoms with Gasteiger partial charge in [0.1, 0.15) is 0 Å². The maximum absolute atomic E-state index is 12.2. The quantitative estimate of drug-likeness (QED) is 0.402. The van der Waals surface area contributed by atoms with E-state index in [2.05, 4.69) is 49.1 Å². The number of esters is 1. The van der Waals surface area contributed by atoms with Crippen LogP contribution in [-0.2, 0) is 9.53 Å². The van der Waals surface area contributed by atoms with Gasteiger partial charge in [-0.15, -0.1) is 6.58 Å². The molecule has 0 spiro atoms. The summed E-state index contributed by atoms with van der Waals surface area (Å²) in [5.74, 6) is 3.95. The monoisotopic (exact) mass is 324 g/mol. The molecule has 24 heavy (non-hydrogen) atoms. The Morgan fingerprint density at radius 3 is 2.83 bits per heavy atom. The molecule has 2 bridgehead atoms. The Hall–Kier alpha value is -1.57. The first-order valence-electron chi connectivity index (χ1n) is 9.57. The summed E-state index contributed by atoms with van der Waals surface area (Å²) in [5, 5.41) is 0. The molecule has 0 radical (unpaired) electrons. The Balaban J connectivity index is 1.20. The minimum absolute atomic E-state index is 0.0212. The minimum atomic E-state index is 0.0212. The molecule has 4 aliphatic carbocycles. The Bertz CT molecular complexity index is 585. The van der Waals surface area contributed by atoms with E-state index in [9.17, 15) is 4.79 Å². The van der Waals surface area contributed by atoms with Crippen molar-refractivity contribution < 1.29 is 9.53 Å². The van der Waals surface area contributed by atoms with Gasteiger partial charge in [-0.2, -0.15) is 0 Å². The normalized spacial score (nSPS) is 42.1. The topological polar surface area (TPSA) is 26.3 Å². The maximum atomic E-state index is 12.2. The first-order chi connectivity index (χ1) is 11.8. The summed E-state index contributed by atoms with van der Waals surface area (Å²) in [7, 11) is 0. The third-order valence-electron chi connectivity index (χ3n) is 6.65. The molecule has 0 aromatic rings. The van der Waals surface area contributed by atoms with Crippen molar-refractivity contribution in [3.63, 3.8) is 0 Å². The van der Waals surface area contributed by atoms with Gasteiger partial charge in [-0.3, -0.25) is 4.79 Å². The van der Waals surface area contributed by atoms with E-state index < -0.39 is 0 Å². The second-order valence-electron chi connectivity index (χ2n) is 7.98. The summed E-state index contributed by atoms with van der Waals surface area (Å²) in [4.78, 5) is 12.2. The molecule has 0 N–H and O–H groups in total. The first kappa shape index (κ1) is 15.9. The lowest BCUT2D eigenvalue weighted by atomic mass is 9.89. The number of allylic oxidation sites excluding steroid dienone is 6. The highest BCUT2D eigenvalue weighted by molar-refractivity contribution is 5.74. The Morgan fingerprint density at radius 2 is 2.08 bits per heavy atom. The van der Waals surface area contributed by atoms with Crippen LogP contribution in [0.1, 0.15) is 32.1 Å². The lowest BCUT2D eigenvalue weighted by molar-refractivity contribution is -0.149. The third kappa shape index (κ3) is 2.92. The largest absolute Gasteiger partial charge is 0.465 e. The summed E-state index contributed by atoms with van der Waals surface area (Å²) < 4.78 is 5.52. The Labute approximate surface area is 145 Å². The van der Waals surface area contributed by atoms with E-state index in [1.807, 2.05) is 0 Å². The average molecular weight is 324 g/mol. The predicted octanol–water partition coefficient (Wildman–Crippen LogP) is 4.70. The summed E-state index contributed by atoms with van der Waals surface area (Å²) in [6.07, 6.45) is 21.3. The van der Waals surface area contributed by atoms with E-state index in [-0.39, 0.29) is 11.9 Å². The second-order valence-corrected chi connectivity index (χ2v) is 7.98. The van der Waals surface area contributed by atoms with Crippen molar-refractivity contribution >= 4 is 5.97 Å². The molecule has 0 aromatic heterocycles. The molecule has 4 rings (SSSR count). The molecule has 2 heteroatoms. The van der Waals surface area contributed by atoms with E-state index in [0.717, 1.165) is 25.2 Å². The average Bonchev–Trinajstić information content (AvgIpc) is 3.35. The van der Waals surface area contributed by atoms with Gasteiger partial charge < -0.3 is 4.74 Å². The van der Waals surface area contributed by atoms with Crippen molar-refractivity contribution in [2.24, 2.45) is 41.4 Å². The number of ether oxygens (including phenoxy) is 1. The summed E-state index contributed by atoms with van der Waals surface area (Å²) in [6.45, 7) is 4.52. The molecule has 0 aliphatic heterocycles. The van der Waals surface area contributed by atoms with Crippen molar-refractivity contribution in [1.82, 2.24) is 0 Å². The highest BCUT2D eigenvalue weighted by atomic mass is 16.5. The Kier molecular flexibility index (Phi) is 4.47. The standard InChI is InChI=1S/C22H28O2/c1-2-16-14-17(20-8-5-7-19(16)20)6-3-4-11-24-22(23)21-13-15-9-10-18(21)12-15/h2-3,5-7,9-10,15-21H,1,4,8,11-14H2/b6-3+. The fourth-order valence-corrected chi connectivity index (χ4v) is 5.39. The van der Waals surface area contributed by atoms with Crippen molar-refractivity contribution in [3.8, 4) is 0 Å². The molecule has 0 saturated heterocycles. The lowest BCUT2D eigenvalue weighted by Gasteiger charge is -2.16. The highest BCUT2D eigenvalue weighted by Crippen LogP contribution is 2.48. The van der Waals surface area contributed by atoms with Crippen LogP contribution in [0.5, 0.6) is 0 Å². The van der Waals surface area contributed by atoms with E-state index in [1.54, 1.807) is 0 Å². The summed E-state index contributed by atoms with van der Waals surface area (Å²) in [6, 6.07) is 0. The van der Waals surface area contributed by atoms with Crippen molar-refractivity contribution in [2.45, 2.75) is 32.1 Å². The highest BCUT2D eigenvalue weighted by Gasteiger charge is 2.41. The maximum Gasteiger partial charge on any atom is 0.309 e. The van der Waals surface area contributed by atoms with Gasteiger partial charge in [0.15, 0.2) is 0 Å². The van der Waals surface area contributed by atoms with Crippen LogP contribution in [0.2, 0.25) is 0 Å². The summed E-state index contributed by atoms with van der Waals surface area (Å²) >= 11 is 0. The van der Waals surface area contributed by atoms with E-state index in [4.69, 9.17) is 4.74 Å². The van der Waals surface area contributed by atoms with Gasteiger partial charge in [0.05, 0.1) is 12.5 Å². The van der Waals surface area contributed by atoms with Crippen LogP contribution in [0.15, 0.2) is 49.1 Å². The molecule has 4 aliphatic rings. The zero-order valence-electron chi connectivity index (χ0n) is 14.3. The molecular weight excluding hydrogens is 296 g/mol. The number of carbonyl (C=O) groups excluding carboxylic acids is 1. The predicted molar refractivity (Wildman–Crippen MR) is 96.1 cm³/mol. The lowest BCUT2D eigenvalue weighted by Crippen LogP contribution is -2.21. The van der Waals surface area contributed by atoms with Crippen LogP contribution >= 0.6 is 0 Å². The molecule has 2 nitrogen and oxygen atoms in total. The van der Waals surface area contributed by atoms with Gasteiger partial charge >= 0.3 is 5.97 Å². The van der Waals surface area contributed by atoms with E-state index in [1.165, 1.54) is 12.8 Å². The van der Waals surface area contributed by atoms with Gasteiger partial charge in [0.2, 0.25) is 0 Å². The molecule has 128 valence electrons. The molecule has 0 amide bonds. The number of hydrogen-bond acceptors (Lipinski definition) is 2. The van der Waals surface area contributed by atoms with Crippen molar-refractivity contribution in [3.05, 3.63) is 49.1 Å². The van der Waals surface area contributed by atoms with Crippen LogP contribution < -0.4 is 0 Å². The number of fused-ring (bicyclic) bond motifs is 3. The fourth-order valence-electron chi connectivity index (χ4n) is 5.39. The Morgan fingerprint density at radius 1 is 1.17 bits per heavy atom. The van der Waals surface area contributed by atoms with Gasteiger partial charge in [0.25, 0.3) is 0 Å². The van der Waals surface area contributed by atoms with Crippen LogP contribution in [-0.4, -0.2) is 12.6 Å². The van der Waals surface area contributed by atoms with E-state index >= 15 is 0 Å². The molecule has 0 heterocycles. The van der Waals surface area contributed by atoms with Crippen LogP contribution in [0.4, 0.5) is 0 Å². The molecule has 2 saturated carbocycles. The third-order valence-corrected chi connectivity index (χ3v) is 6.65. The zero-order valence-corrected chi connectivity index (χ0v) is 14.3. The van der Waals surface area contributed by atoms with Crippen molar-refractivity contribution in [1.29, 1.82) is 0 Å². The minimum Gasteiger partial charge on any atom is -0.465 e. The fraction of sp³-hybridized carbons (Fsp3) is 0.591. The second kappa shape index (κ2) is 6.74. The summed E-state index contributed by atoms with van der Waals surface area (Å²) in [5.41, 5.74) is 0.